The topological polar surface area (TPSA) is 37.8 Å². The number of nitrogens with one attached hydrogen (secondary N) is 1. The van der Waals surface area contributed by atoms with Crippen molar-refractivity contribution < 1.29 is 8.78 Å². The second-order valence-corrected chi connectivity index (χ2v) is 4.96. The first-order valence-corrected chi connectivity index (χ1v) is 7.02. The van der Waals surface area contributed by atoms with Gasteiger partial charge >= 0.3 is 0 Å². The van der Waals surface area contributed by atoms with Gasteiger partial charge in [-0.2, -0.15) is 0 Å². The second kappa shape index (κ2) is 6.72. The SMILES string of the molecule is CCNCCc1c(C)nc(-c2cc(F)cc(F)c2)nc1C. The van der Waals surface area contributed by atoms with Gasteiger partial charge in [-0.15, -0.1) is 0 Å². The van der Waals surface area contributed by atoms with Gasteiger partial charge in [-0.1, -0.05) is 6.92 Å². The molecule has 0 atom stereocenters. The van der Waals surface area contributed by atoms with E-state index in [1.165, 1.54) is 12.1 Å². The van der Waals surface area contributed by atoms with Crippen LogP contribution in [0.1, 0.15) is 23.9 Å². The molecule has 1 heterocycles. The molecule has 3 nitrogen and oxygen atoms in total. The Hall–Kier alpha value is -1.88. The summed E-state index contributed by atoms with van der Waals surface area (Å²) in [4.78, 5) is 8.79. The molecule has 0 saturated heterocycles. The summed E-state index contributed by atoms with van der Waals surface area (Å²) in [5, 5.41) is 3.26. The van der Waals surface area contributed by atoms with Gasteiger partial charge in [-0.25, -0.2) is 18.7 Å². The number of aromatic nitrogens is 2. The van der Waals surface area contributed by atoms with E-state index in [0.29, 0.717) is 11.4 Å². The van der Waals surface area contributed by atoms with Gasteiger partial charge < -0.3 is 5.32 Å². The predicted octanol–water partition coefficient (Wildman–Crippen LogP) is 3.19. The fraction of sp³-hybridized carbons (Fsp3) is 0.375. The smallest absolute Gasteiger partial charge is 0.159 e. The summed E-state index contributed by atoms with van der Waals surface area (Å²) in [7, 11) is 0. The number of likely N-dealkylation sites (N-methyl/N-ethyl adjacent to an activating group) is 1. The van der Waals surface area contributed by atoms with Crippen molar-refractivity contribution in [2.45, 2.75) is 27.2 Å². The summed E-state index contributed by atoms with van der Waals surface area (Å²) in [5.74, 6) is -0.893. The van der Waals surface area contributed by atoms with E-state index in [0.717, 1.165) is 42.5 Å². The molecule has 0 radical (unpaired) electrons. The van der Waals surface area contributed by atoms with Crippen LogP contribution in [0.2, 0.25) is 0 Å². The molecule has 0 aliphatic rings. The second-order valence-electron chi connectivity index (χ2n) is 4.96. The van der Waals surface area contributed by atoms with E-state index in [4.69, 9.17) is 0 Å². The molecule has 0 aliphatic heterocycles. The van der Waals surface area contributed by atoms with E-state index in [2.05, 4.69) is 22.2 Å². The van der Waals surface area contributed by atoms with E-state index in [1.54, 1.807) is 0 Å². The lowest BCUT2D eigenvalue weighted by atomic mass is 10.1. The summed E-state index contributed by atoms with van der Waals surface area (Å²) in [6, 6.07) is 3.33. The first kappa shape index (κ1) is 15.5. The lowest BCUT2D eigenvalue weighted by molar-refractivity contribution is 0.584. The van der Waals surface area contributed by atoms with Gasteiger partial charge in [0.2, 0.25) is 0 Å². The fourth-order valence-electron chi connectivity index (χ4n) is 2.30. The first-order valence-electron chi connectivity index (χ1n) is 7.02. The highest BCUT2D eigenvalue weighted by molar-refractivity contribution is 5.56. The maximum absolute atomic E-state index is 13.3. The van der Waals surface area contributed by atoms with Gasteiger partial charge in [-0.05, 0) is 51.1 Å². The Morgan fingerprint density at radius 3 is 2.10 bits per heavy atom. The van der Waals surface area contributed by atoms with E-state index in [9.17, 15) is 8.78 Å². The van der Waals surface area contributed by atoms with Gasteiger partial charge in [0.25, 0.3) is 0 Å². The summed E-state index contributed by atoms with van der Waals surface area (Å²) >= 11 is 0. The highest BCUT2D eigenvalue weighted by atomic mass is 19.1. The number of halogens is 2. The van der Waals surface area contributed by atoms with Crippen molar-refractivity contribution in [3.05, 3.63) is 46.8 Å². The predicted molar refractivity (Wildman–Crippen MR) is 79.1 cm³/mol. The van der Waals surface area contributed by atoms with Crippen molar-refractivity contribution in [1.82, 2.24) is 15.3 Å². The summed E-state index contributed by atoms with van der Waals surface area (Å²) in [5.41, 5.74) is 3.13. The molecular weight excluding hydrogens is 272 g/mol. The molecule has 1 aromatic heterocycles. The van der Waals surface area contributed by atoms with Crippen LogP contribution in [0.15, 0.2) is 18.2 Å². The number of nitrogens with zero attached hydrogens (tertiary/aromatic N) is 2. The zero-order valence-electron chi connectivity index (χ0n) is 12.5. The number of rotatable bonds is 5. The molecule has 2 rings (SSSR count). The van der Waals surface area contributed by atoms with Gasteiger partial charge in [0.1, 0.15) is 11.6 Å². The molecular formula is C16H19F2N3. The highest BCUT2D eigenvalue weighted by Gasteiger charge is 2.11. The van der Waals surface area contributed by atoms with Crippen molar-refractivity contribution >= 4 is 0 Å². The number of benzene rings is 1. The largest absolute Gasteiger partial charge is 0.317 e. The van der Waals surface area contributed by atoms with Gasteiger partial charge in [0.05, 0.1) is 0 Å². The summed E-state index contributed by atoms with van der Waals surface area (Å²) in [6.45, 7) is 7.62. The maximum Gasteiger partial charge on any atom is 0.159 e. The van der Waals surface area contributed by atoms with Crippen molar-refractivity contribution in [3.63, 3.8) is 0 Å². The van der Waals surface area contributed by atoms with Crippen LogP contribution in [0.4, 0.5) is 8.78 Å². The van der Waals surface area contributed by atoms with Crippen molar-refractivity contribution in [2.75, 3.05) is 13.1 Å². The Balaban J connectivity index is 2.34. The summed E-state index contributed by atoms with van der Waals surface area (Å²) < 4.78 is 26.6. The molecule has 0 amide bonds. The first-order chi connectivity index (χ1) is 10.0. The third-order valence-electron chi connectivity index (χ3n) is 3.34. The average molecular weight is 291 g/mol. The van der Waals surface area contributed by atoms with Crippen LogP contribution in [-0.2, 0) is 6.42 Å². The standard InChI is InChI=1S/C16H19F2N3/c1-4-19-6-5-15-10(2)20-16(21-11(15)3)12-7-13(17)9-14(18)8-12/h7-9,19H,4-6H2,1-3H3. The van der Waals surface area contributed by atoms with Crippen LogP contribution < -0.4 is 5.32 Å². The quantitative estimate of drug-likeness (QED) is 0.860. The van der Waals surface area contributed by atoms with Crippen LogP contribution in [0, 0.1) is 25.5 Å². The number of hydrogen-bond donors (Lipinski definition) is 1. The minimum Gasteiger partial charge on any atom is -0.317 e. The van der Waals surface area contributed by atoms with Crippen LogP contribution in [-0.4, -0.2) is 23.1 Å². The molecule has 112 valence electrons. The molecule has 1 aromatic carbocycles. The normalized spacial score (nSPS) is 10.9. The summed E-state index contributed by atoms with van der Waals surface area (Å²) in [6.07, 6.45) is 0.837. The third-order valence-corrected chi connectivity index (χ3v) is 3.34. The van der Waals surface area contributed by atoms with Crippen molar-refractivity contribution in [2.24, 2.45) is 0 Å². The van der Waals surface area contributed by atoms with E-state index in [1.807, 2.05) is 13.8 Å². The van der Waals surface area contributed by atoms with Crippen molar-refractivity contribution in [3.8, 4) is 11.4 Å². The van der Waals surface area contributed by atoms with E-state index < -0.39 is 11.6 Å². The maximum atomic E-state index is 13.3. The molecule has 2 aromatic rings. The Morgan fingerprint density at radius 1 is 1.00 bits per heavy atom. The molecule has 0 unspecified atom stereocenters. The lowest BCUT2D eigenvalue weighted by Gasteiger charge is -2.11. The van der Waals surface area contributed by atoms with E-state index in [-0.39, 0.29) is 0 Å². The fourth-order valence-corrected chi connectivity index (χ4v) is 2.30. The lowest BCUT2D eigenvalue weighted by Crippen LogP contribution is -2.17. The molecule has 21 heavy (non-hydrogen) atoms. The molecule has 5 heteroatoms. The number of aryl methyl sites for hydroxylation is 2. The van der Waals surface area contributed by atoms with Gasteiger partial charge in [0, 0.05) is 23.0 Å². The Labute approximate surface area is 123 Å². The molecule has 0 saturated carbocycles. The Bertz CT molecular complexity index is 598. The van der Waals surface area contributed by atoms with Gasteiger partial charge in [-0.3, -0.25) is 0 Å². The highest BCUT2D eigenvalue weighted by Crippen LogP contribution is 2.21. The van der Waals surface area contributed by atoms with E-state index >= 15 is 0 Å². The molecule has 1 N–H and O–H groups in total. The molecule has 0 spiro atoms. The Kier molecular flexibility index (Phi) is 4.96. The zero-order chi connectivity index (χ0) is 15.4. The third kappa shape index (κ3) is 3.82. The Morgan fingerprint density at radius 2 is 1.57 bits per heavy atom. The minimum absolute atomic E-state index is 0.357. The molecule has 0 fully saturated rings. The zero-order valence-corrected chi connectivity index (χ0v) is 12.5. The average Bonchev–Trinajstić information content (AvgIpc) is 2.40. The molecule has 0 bridgehead atoms. The van der Waals surface area contributed by atoms with Crippen LogP contribution >= 0.6 is 0 Å². The number of hydrogen-bond acceptors (Lipinski definition) is 3. The minimum atomic E-state index is -0.625. The van der Waals surface area contributed by atoms with Crippen LogP contribution in [0.25, 0.3) is 11.4 Å². The van der Waals surface area contributed by atoms with Crippen molar-refractivity contribution in [1.29, 1.82) is 0 Å². The molecule has 0 aliphatic carbocycles. The monoisotopic (exact) mass is 291 g/mol. The van der Waals surface area contributed by atoms with Crippen LogP contribution in [0.5, 0.6) is 0 Å². The van der Waals surface area contributed by atoms with Gasteiger partial charge in [0.15, 0.2) is 5.82 Å². The van der Waals surface area contributed by atoms with Crippen LogP contribution in [0.3, 0.4) is 0 Å².